The number of benzene rings is 7. The van der Waals surface area contributed by atoms with Crippen LogP contribution in [0.15, 0.2) is 227 Å². The van der Waals surface area contributed by atoms with E-state index in [0.717, 1.165) is 106 Å². The minimum atomic E-state index is 0.0496. The number of fused-ring (bicyclic) bond motifs is 6. The van der Waals surface area contributed by atoms with Crippen molar-refractivity contribution >= 4 is 79.0 Å². The fourth-order valence-electron chi connectivity index (χ4n) is 8.69. The molecule has 9 aromatic rings. The lowest BCUT2D eigenvalue weighted by Crippen LogP contribution is -2.20. The fraction of sp³-hybridized carbons (Fsp3) is 0.0345. The molecule has 1 aliphatic rings. The Morgan fingerprint density at radius 1 is 0.694 bits per heavy atom. The number of hydrogen-bond donors (Lipinski definition) is 1. The molecule has 298 valence electrons. The van der Waals surface area contributed by atoms with Crippen LogP contribution in [0.2, 0.25) is 0 Å². The maximum absolute atomic E-state index is 10.6. The summed E-state index contributed by atoms with van der Waals surface area (Å²) in [5, 5.41) is 16.0. The fourth-order valence-corrected chi connectivity index (χ4v) is 8.69. The molecule has 1 atom stereocenters. The maximum atomic E-state index is 10.6. The number of anilines is 2. The molecule has 0 bridgehead atoms. The third-order valence-corrected chi connectivity index (χ3v) is 11.7. The van der Waals surface area contributed by atoms with E-state index in [2.05, 4.69) is 158 Å². The Morgan fingerprint density at radius 2 is 1.37 bits per heavy atom. The Labute approximate surface area is 361 Å². The maximum Gasteiger partial charge on any atom is 0.143 e. The lowest BCUT2D eigenvalue weighted by Gasteiger charge is -2.32. The van der Waals surface area contributed by atoms with Gasteiger partial charge in [0.05, 0.1) is 5.69 Å². The molecule has 0 radical (unpaired) electrons. The summed E-state index contributed by atoms with van der Waals surface area (Å²) in [6.45, 7) is 8.72. The SMILES string of the molecule is C=Cc1c(/C=C\c2cccc3c2oc2c(-c4ccccc4)cccc23)oc2cc(N(C3=CC=CC(C(=C)/C=C\C=C(/O)c4ccccc4)C3)c3ccccc3)c3ccccc3c12. The van der Waals surface area contributed by atoms with Crippen LogP contribution >= 0.6 is 0 Å². The van der Waals surface area contributed by atoms with Crippen molar-refractivity contribution in [2.45, 2.75) is 6.42 Å². The molecule has 1 N–H and O–H groups in total. The van der Waals surface area contributed by atoms with Crippen molar-refractivity contribution in [2.75, 3.05) is 4.90 Å². The second-order valence-corrected chi connectivity index (χ2v) is 15.5. The predicted octanol–water partition coefficient (Wildman–Crippen LogP) is 16.3. The van der Waals surface area contributed by atoms with E-state index in [1.165, 1.54) is 0 Å². The lowest BCUT2D eigenvalue weighted by molar-refractivity contribution is 0.512. The summed E-state index contributed by atoms with van der Waals surface area (Å²) in [6.07, 6.45) is 18.8. The van der Waals surface area contributed by atoms with Gasteiger partial charge in [-0.1, -0.05) is 183 Å². The number of rotatable bonds is 11. The van der Waals surface area contributed by atoms with Crippen molar-refractivity contribution < 1.29 is 13.9 Å². The van der Waals surface area contributed by atoms with Gasteiger partial charge in [0.25, 0.3) is 0 Å². The van der Waals surface area contributed by atoms with Gasteiger partial charge in [0.15, 0.2) is 0 Å². The first kappa shape index (κ1) is 38.1. The minimum absolute atomic E-state index is 0.0496. The molecule has 2 heterocycles. The van der Waals surface area contributed by atoms with Crippen LogP contribution in [0.4, 0.5) is 11.4 Å². The second kappa shape index (κ2) is 16.5. The molecule has 0 spiro atoms. The number of allylic oxidation sites excluding steroid dienone is 8. The van der Waals surface area contributed by atoms with Gasteiger partial charge in [-0.3, -0.25) is 0 Å². The predicted molar refractivity (Wildman–Crippen MR) is 261 cm³/mol. The molecule has 4 nitrogen and oxygen atoms in total. The van der Waals surface area contributed by atoms with Crippen molar-refractivity contribution in [2.24, 2.45) is 5.92 Å². The molecule has 1 unspecified atom stereocenters. The average molecular weight is 802 g/mol. The van der Waals surface area contributed by atoms with Crippen LogP contribution < -0.4 is 4.90 Å². The Bertz CT molecular complexity index is 3300. The molecular formula is C58H43NO3. The van der Waals surface area contributed by atoms with Gasteiger partial charge in [-0.05, 0) is 59.4 Å². The zero-order chi connectivity index (χ0) is 42.0. The van der Waals surface area contributed by atoms with Gasteiger partial charge < -0.3 is 18.8 Å². The van der Waals surface area contributed by atoms with Crippen LogP contribution in [0.3, 0.4) is 0 Å². The molecule has 4 heteroatoms. The normalized spacial score (nSPS) is 14.4. The van der Waals surface area contributed by atoms with Gasteiger partial charge in [0.1, 0.15) is 28.3 Å². The smallest absolute Gasteiger partial charge is 0.143 e. The molecule has 0 aliphatic heterocycles. The van der Waals surface area contributed by atoms with E-state index >= 15 is 0 Å². The van der Waals surface area contributed by atoms with E-state index in [0.29, 0.717) is 0 Å². The van der Waals surface area contributed by atoms with Crippen molar-refractivity contribution in [3.05, 3.63) is 241 Å². The van der Waals surface area contributed by atoms with Crippen LogP contribution in [0, 0.1) is 5.92 Å². The molecule has 0 amide bonds. The summed E-state index contributed by atoms with van der Waals surface area (Å²) in [6, 6.07) is 53.7. The first-order valence-corrected chi connectivity index (χ1v) is 20.9. The molecule has 1 aliphatic carbocycles. The monoisotopic (exact) mass is 801 g/mol. The average Bonchev–Trinajstić information content (AvgIpc) is 3.90. The van der Waals surface area contributed by atoms with Gasteiger partial charge in [0.2, 0.25) is 0 Å². The molecule has 0 saturated carbocycles. The molecule has 10 rings (SSSR count). The van der Waals surface area contributed by atoms with Gasteiger partial charge in [-0.2, -0.15) is 0 Å². The number of aliphatic hydroxyl groups excluding tert-OH is 1. The topological polar surface area (TPSA) is 49.8 Å². The summed E-state index contributed by atoms with van der Waals surface area (Å²) < 4.78 is 13.5. The van der Waals surface area contributed by atoms with Gasteiger partial charge in [-0.25, -0.2) is 0 Å². The standard InChI is InChI=1S/C58H43NO3/c1-3-46-54(36-35-42-24-17-32-50-51-33-18-31-47(58(51)62-57(42)50)40-20-7-4-8-21-40)61-55-38-52(48-29-13-14-30-49(48)56(46)55)59(44-26-11-6-12-27-44)45-28-16-25-43(37-45)39(2)19-15-34-53(60)41-22-9-5-10-23-41/h3-36,38,43,60H,1-2,37H2/b19-15-,36-35-,53-34-. The number of nitrogens with zero attached hydrogens (tertiary/aromatic N) is 1. The van der Waals surface area contributed by atoms with Crippen molar-refractivity contribution in [1.29, 1.82) is 0 Å². The van der Waals surface area contributed by atoms with E-state index in [1.807, 2.05) is 66.8 Å². The third kappa shape index (κ3) is 7.08. The number of para-hydroxylation sites is 3. The van der Waals surface area contributed by atoms with Crippen LogP contribution in [0.5, 0.6) is 0 Å². The number of aliphatic hydroxyl groups is 1. The quantitative estimate of drug-likeness (QED) is 0.105. The number of furan rings is 2. The Hall–Kier alpha value is -8.08. The Balaban J connectivity index is 1.03. The molecule has 0 fully saturated rings. The summed E-state index contributed by atoms with van der Waals surface area (Å²) in [5.74, 6) is 0.981. The van der Waals surface area contributed by atoms with Crippen LogP contribution in [0.25, 0.3) is 78.8 Å². The Kier molecular flexibility index (Phi) is 10.2. The highest BCUT2D eigenvalue weighted by atomic mass is 16.3. The third-order valence-electron chi connectivity index (χ3n) is 11.7. The van der Waals surface area contributed by atoms with E-state index in [4.69, 9.17) is 8.83 Å². The van der Waals surface area contributed by atoms with Crippen molar-refractivity contribution in [3.63, 3.8) is 0 Å². The van der Waals surface area contributed by atoms with E-state index in [-0.39, 0.29) is 11.7 Å². The second-order valence-electron chi connectivity index (χ2n) is 15.5. The molecular weight excluding hydrogens is 759 g/mol. The number of hydrogen-bond acceptors (Lipinski definition) is 4. The largest absolute Gasteiger partial charge is 0.507 e. The highest BCUT2D eigenvalue weighted by Gasteiger charge is 2.25. The highest BCUT2D eigenvalue weighted by Crippen LogP contribution is 2.45. The van der Waals surface area contributed by atoms with Gasteiger partial charge in [-0.15, -0.1) is 0 Å². The zero-order valence-corrected chi connectivity index (χ0v) is 34.1. The van der Waals surface area contributed by atoms with Gasteiger partial charge >= 0.3 is 0 Å². The zero-order valence-electron chi connectivity index (χ0n) is 34.1. The summed E-state index contributed by atoms with van der Waals surface area (Å²) >= 11 is 0. The van der Waals surface area contributed by atoms with Crippen molar-refractivity contribution in [1.82, 2.24) is 0 Å². The first-order chi connectivity index (χ1) is 30.6. The van der Waals surface area contributed by atoms with Gasteiger partial charge in [0, 0.05) is 67.2 Å². The summed E-state index contributed by atoms with van der Waals surface area (Å²) in [5.41, 5.74) is 11.4. The molecule has 0 saturated heterocycles. The van der Waals surface area contributed by atoms with Crippen molar-refractivity contribution in [3.8, 4) is 11.1 Å². The Morgan fingerprint density at radius 3 is 2.15 bits per heavy atom. The van der Waals surface area contributed by atoms with E-state index in [1.54, 1.807) is 6.08 Å². The van der Waals surface area contributed by atoms with Crippen LogP contribution in [-0.4, -0.2) is 5.11 Å². The van der Waals surface area contributed by atoms with E-state index in [9.17, 15) is 5.11 Å². The minimum Gasteiger partial charge on any atom is -0.507 e. The molecule has 62 heavy (non-hydrogen) atoms. The van der Waals surface area contributed by atoms with Crippen LogP contribution in [0.1, 0.15) is 28.9 Å². The van der Waals surface area contributed by atoms with E-state index < -0.39 is 0 Å². The van der Waals surface area contributed by atoms with Crippen LogP contribution in [-0.2, 0) is 0 Å². The summed E-state index contributed by atoms with van der Waals surface area (Å²) in [7, 11) is 0. The molecule has 7 aromatic carbocycles. The lowest BCUT2D eigenvalue weighted by atomic mass is 9.90. The highest BCUT2D eigenvalue weighted by molar-refractivity contribution is 6.17. The molecule has 2 aromatic heterocycles. The first-order valence-electron chi connectivity index (χ1n) is 20.9. The summed E-state index contributed by atoms with van der Waals surface area (Å²) in [4.78, 5) is 2.34.